The summed E-state index contributed by atoms with van der Waals surface area (Å²) >= 11 is 6.64. The van der Waals surface area contributed by atoms with Crippen LogP contribution in [-0.2, 0) is 16.1 Å². The Morgan fingerprint density at radius 2 is 1.70 bits per heavy atom. The van der Waals surface area contributed by atoms with Crippen LogP contribution < -0.4 is 11.5 Å². The zero-order valence-electron chi connectivity index (χ0n) is 14.7. The van der Waals surface area contributed by atoms with Crippen LogP contribution in [0.5, 0.6) is 0 Å². The molecule has 4 N–H and O–H groups in total. The van der Waals surface area contributed by atoms with Crippen LogP contribution in [0.1, 0.15) is 11.1 Å². The lowest BCUT2D eigenvalue weighted by molar-refractivity contribution is -0.141. The topological polar surface area (TPSA) is 96.2 Å². The third-order valence-electron chi connectivity index (χ3n) is 4.09. The Hall–Kier alpha value is -3.25. The number of halogens is 1. The van der Waals surface area contributed by atoms with Crippen molar-refractivity contribution in [2.45, 2.75) is 6.54 Å². The van der Waals surface area contributed by atoms with E-state index in [0.29, 0.717) is 17.0 Å². The van der Waals surface area contributed by atoms with Crippen molar-refractivity contribution in [2.75, 3.05) is 12.8 Å². The Morgan fingerprint density at radius 1 is 1.11 bits per heavy atom. The van der Waals surface area contributed by atoms with Gasteiger partial charge in [0.2, 0.25) is 0 Å². The van der Waals surface area contributed by atoms with Crippen molar-refractivity contribution in [3.05, 3.63) is 71.8 Å². The van der Waals surface area contributed by atoms with Gasteiger partial charge in [0.1, 0.15) is 18.1 Å². The smallest absolute Gasteiger partial charge is 0.327 e. The van der Waals surface area contributed by atoms with E-state index in [1.807, 2.05) is 60.7 Å². The van der Waals surface area contributed by atoms with Gasteiger partial charge in [0.25, 0.3) is 0 Å². The Kier molecular flexibility index (Phi) is 5.47. The van der Waals surface area contributed by atoms with Crippen molar-refractivity contribution in [3.8, 4) is 11.3 Å². The number of anilines is 1. The van der Waals surface area contributed by atoms with Gasteiger partial charge in [-0.25, -0.2) is 4.68 Å². The first-order valence-electron chi connectivity index (χ1n) is 8.22. The highest BCUT2D eigenvalue weighted by Gasteiger charge is 2.23. The van der Waals surface area contributed by atoms with Gasteiger partial charge in [0, 0.05) is 5.56 Å². The number of hydrogen-bond acceptors (Lipinski definition) is 5. The molecule has 0 fully saturated rings. The largest absolute Gasteiger partial charge is 0.468 e. The molecule has 1 aromatic heterocycles. The van der Waals surface area contributed by atoms with Crippen LogP contribution in [0.25, 0.3) is 22.0 Å². The Balaban J connectivity index is 2.19. The molecule has 7 heteroatoms. The molecule has 2 aromatic carbocycles. The fourth-order valence-electron chi connectivity index (χ4n) is 2.68. The standard InChI is InChI=1S/C20H19ClN4O2/c1-27-15(26)12-25-20(23)16(19(24-25)14-10-6-3-7-11-14)17(21)18(22)13-8-4-2-5-9-13/h2-11H,12,22-23H2,1H3/b18-17+. The molecule has 27 heavy (non-hydrogen) atoms. The predicted octanol–water partition coefficient (Wildman–Crippen LogP) is 3.33. The van der Waals surface area contributed by atoms with Crippen LogP contribution in [0.2, 0.25) is 0 Å². The minimum Gasteiger partial charge on any atom is -0.468 e. The number of carbonyl (C=O) groups excluding carboxylic acids is 1. The van der Waals surface area contributed by atoms with E-state index >= 15 is 0 Å². The zero-order chi connectivity index (χ0) is 19.4. The fourth-order valence-corrected chi connectivity index (χ4v) is 2.97. The molecule has 1 heterocycles. The number of aromatic nitrogens is 2. The van der Waals surface area contributed by atoms with Crippen molar-refractivity contribution in [1.82, 2.24) is 9.78 Å². The lowest BCUT2D eigenvalue weighted by Gasteiger charge is -2.08. The van der Waals surface area contributed by atoms with Crippen LogP contribution >= 0.6 is 11.6 Å². The molecule has 0 aliphatic rings. The van der Waals surface area contributed by atoms with Crippen LogP contribution in [0.3, 0.4) is 0 Å². The highest BCUT2D eigenvalue weighted by Crippen LogP contribution is 2.37. The second-order valence-corrected chi connectivity index (χ2v) is 6.18. The van der Waals surface area contributed by atoms with E-state index in [1.54, 1.807) is 0 Å². The van der Waals surface area contributed by atoms with Gasteiger partial charge in [0.05, 0.1) is 23.4 Å². The van der Waals surface area contributed by atoms with Gasteiger partial charge >= 0.3 is 5.97 Å². The molecule has 3 rings (SSSR count). The number of nitrogen functional groups attached to an aromatic ring is 1. The molecule has 0 bridgehead atoms. The second kappa shape index (κ2) is 7.97. The van der Waals surface area contributed by atoms with E-state index in [4.69, 9.17) is 27.8 Å². The number of carbonyl (C=O) groups is 1. The maximum absolute atomic E-state index is 11.7. The van der Waals surface area contributed by atoms with Gasteiger partial charge in [-0.2, -0.15) is 5.10 Å². The first-order valence-corrected chi connectivity index (χ1v) is 8.60. The number of nitrogens with zero attached hydrogens (tertiary/aromatic N) is 2. The number of rotatable bonds is 5. The fraction of sp³-hybridized carbons (Fsp3) is 0.100. The maximum Gasteiger partial charge on any atom is 0.327 e. The molecule has 0 atom stereocenters. The molecule has 3 aromatic rings. The molecular weight excluding hydrogens is 364 g/mol. The van der Waals surface area contributed by atoms with Gasteiger partial charge in [0.15, 0.2) is 0 Å². The van der Waals surface area contributed by atoms with Gasteiger partial charge in [-0.3, -0.25) is 4.79 Å². The van der Waals surface area contributed by atoms with Gasteiger partial charge in [-0.1, -0.05) is 72.3 Å². The first kappa shape index (κ1) is 18.5. The van der Waals surface area contributed by atoms with E-state index in [1.165, 1.54) is 11.8 Å². The predicted molar refractivity (Wildman–Crippen MR) is 107 cm³/mol. The quantitative estimate of drug-likeness (QED) is 0.660. The number of methoxy groups -OCH3 is 1. The molecule has 0 aliphatic heterocycles. The van der Waals surface area contributed by atoms with Gasteiger partial charge in [-0.15, -0.1) is 0 Å². The summed E-state index contributed by atoms with van der Waals surface area (Å²) in [5, 5.41) is 4.75. The number of nitrogens with two attached hydrogens (primary N) is 2. The third-order valence-corrected chi connectivity index (χ3v) is 4.48. The molecule has 0 radical (unpaired) electrons. The number of hydrogen-bond donors (Lipinski definition) is 2. The van der Waals surface area contributed by atoms with Crippen molar-refractivity contribution < 1.29 is 9.53 Å². The third kappa shape index (κ3) is 3.80. The molecule has 0 amide bonds. The molecular formula is C20H19ClN4O2. The minimum absolute atomic E-state index is 0.127. The number of benzene rings is 2. The Morgan fingerprint density at radius 3 is 2.30 bits per heavy atom. The minimum atomic E-state index is -0.466. The summed E-state index contributed by atoms with van der Waals surface area (Å²) in [6.45, 7) is -0.127. The summed E-state index contributed by atoms with van der Waals surface area (Å²) in [6, 6.07) is 18.8. The van der Waals surface area contributed by atoms with Crippen LogP contribution in [0.15, 0.2) is 60.7 Å². The normalized spacial score (nSPS) is 11.8. The van der Waals surface area contributed by atoms with Crippen LogP contribution in [0.4, 0.5) is 5.82 Å². The van der Waals surface area contributed by atoms with E-state index < -0.39 is 5.97 Å². The summed E-state index contributed by atoms with van der Waals surface area (Å²) in [5.41, 5.74) is 15.5. The molecule has 0 unspecified atom stereocenters. The van der Waals surface area contributed by atoms with Crippen molar-refractivity contribution in [1.29, 1.82) is 0 Å². The first-order chi connectivity index (χ1) is 13.0. The molecule has 0 spiro atoms. The summed E-state index contributed by atoms with van der Waals surface area (Å²) < 4.78 is 6.08. The van der Waals surface area contributed by atoms with Crippen LogP contribution in [-0.4, -0.2) is 22.9 Å². The van der Waals surface area contributed by atoms with Crippen LogP contribution in [0, 0.1) is 0 Å². The zero-order valence-corrected chi connectivity index (χ0v) is 15.5. The maximum atomic E-state index is 11.7. The second-order valence-electron chi connectivity index (χ2n) is 5.80. The van der Waals surface area contributed by atoms with E-state index in [2.05, 4.69) is 5.10 Å². The number of esters is 1. The van der Waals surface area contributed by atoms with Crippen molar-refractivity contribution in [3.63, 3.8) is 0 Å². The Bertz CT molecular complexity index is 982. The lowest BCUT2D eigenvalue weighted by Crippen LogP contribution is -2.15. The molecule has 6 nitrogen and oxygen atoms in total. The molecule has 0 aliphatic carbocycles. The summed E-state index contributed by atoms with van der Waals surface area (Å²) in [4.78, 5) is 11.7. The summed E-state index contributed by atoms with van der Waals surface area (Å²) in [7, 11) is 1.31. The highest BCUT2D eigenvalue weighted by molar-refractivity contribution is 6.53. The monoisotopic (exact) mass is 382 g/mol. The van der Waals surface area contributed by atoms with Gasteiger partial charge in [-0.05, 0) is 5.56 Å². The molecule has 138 valence electrons. The molecule has 0 saturated heterocycles. The van der Waals surface area contributed by atoms with E-state index in [0.717, 1.165) is 11.1 Å². The van der Waals surface area contributed by atoms with Crippen molar-refractivity contribution in [2.24, 2.45) is 5.73 Å². The SMILES string of the molecule is COC(=O)Cn1nc(-c2ccccc2)c(/C(Cl)=C(\N)c2ccccc2)c1N. The molecule has 0 saturated carbocycles. The van der Waals surface area contributed by atoms with Gasteiger partial charge < -0.3 is 16.2 Å². The average Bonchev–Trinajstić information content (AvgIpc) is 3.04. The number of ether oxygens (including phenoxy) is 1. The van der Waals surface area contributed by atoms with E-state index in [-0.39, 0.29) is 17.4 Å². The Labute approximate surface area is 162 Å². The lowest BCUT2D eigenvalue weighted by atomic mass is 10.0. The summed E-state index contributed by atoms with van der Waals surface area (Å²) in [6.07, 6.45) is 0. The average molecular weight is 383 g/mol. The highest BCUT2D eigenvalue weighted by atomic mass is 35.5. The summed E-state index contributed by atoms with van der Waals surface area (Å²) in [5.74, 6) is -0.227. The van der Waals surface area contributed by atoms with E-state index in [9.17, 15) is 4.79 Å². The van der Waals surface area contributed by atoms with Crippen molar-refractivity contribution >= 4 is 34.1 Å².